The summed E-state index contributed by atoms with van der Waals surface area (Å²) in [6, 6.07) is 5.12. The molecule has 0 aromatic heterocycles. The standard InChI is InChI=1S/C15H22ClNO3/c1-11(10-16)5-4-8-17-15(18)12-6-7-13(19-2)14(9-12)20-3/h6-7,9,11H,4-5,8,10H2,1-3H3,(H,17,18). The van der Waals surface area contributed by atoms with Crippen LogP contribution in [0.2, 0.25) is 0 Å². The van der Waals surface area contributed by atoms with Crippen LogP contribution in [0.4, 0.5) is 0 Å². The highest BCUT2D eigenvalue weighted by Gasteiger charge is 2.10. The molecule has 1 atom stereocenters. The first kappa shape index (κ1) is 16.6. The summed E-state index contributed by atoms with van der Waals surface area (Å²) in [5.74, 6) is 2.19. The van der Waals surface area contributed by atoms with Crippen molar-refractivity contribution in [2.45, 2.75) is 19.8 Å². The lowest BCUT2D eigenvalue weighted by molar-refractivity contribution is 0.0952. The molecule has 4 nitrogen and oxygen atoms in total. The average Bonchev–Trinajstić information content (AvgIpc) is 2.50. The Morgan fingerprint density at radius 3 is 2.60 bits per heavy atom. The minimum Gasteiger partial charge on any atom is -0.493 e. The van der Waals surface area contributed by atoms with Crippen molar-refractivity contribution in [3.05, 3.63) is 23.8 Å². The van der Waals surface area contributed by atoms with Gasteiger partial charge in [-0.15, -0.1) is 11.6 Å². The molecule has 0 saturated heterocycles. The minimum atomic E-state index is -0.107. The molecular formula is C15H22ClNO3. The van der Waals surface area contributed by atoms with Gasteiger partial charge in [0.15, 0.2) is 11.5 Å². The molecule has 1 amide bonds. The molecule has 5 heteroatoms. The molecule has 0 heterocycles. The molecule has 112 valence electrons. The largest absolute Gasteiger partial charge is 0.493 e. The van der Waals surface area contributed by atoms with E-state index in [1.165, 1.54) is 0 Å². The number of methoxy groups -OCH3 is 2. The van der Waals surface area contributed by atoms with Crippen LogP contribution in [0.3, 0.4) is 0 Å². The lowest BCUT2D eigenvalue weighted by Gasteiger charge is -2.11. The van der Waals surface area contributed by atoms with Crippen LogP contribution in [0.5, 0.6) is 11.5 Å². The lowest BCUT2D eigenvalue weighted by Crippen LogP contribution is -2.24. The first-order chi connectivity index (χ1) is 9.62. The van der Waals surface area contributed by atoms with Crippen LogP contribution in [0.25, 0.3) is 0 Å². The molecule has 1 unspecified atom stereocenters. The fraction of sp³-hybridized carbons (Fsp3) is 0.533. The van der Waals surface area contributed by atoms with Gasteiger partial charge in [0, 0.05) is 18.0 Å². The van der Waals surface area contributed by atoms with Gasteiger partial charge in [-0.25, -0.2) is 0 Å². The Morgan fingerprint density at radius 2 is 2.00 bits per heavy atom. The molecule has 1 aromatic rings. The summed E-state index contributed by atoms with van der Waals surface area (Å²) < 4.78 is 10.3. The Hall–Kier alpha value is -1.42. The summed E-state index contributed by atoms with van der Waals surface area (Å²) >= 11 is 5.74. The zero-order chi connectivity index (χ0) is 15.0. The van der Waals surface area contributed by atoms with Gasteiger partial charge < -0.3 is 14.8 Å². The van der Waals surface area contributed by atoms with Crippen molar-refractivity contribution in [2.24, 2.45) is 5.92 Å². The molecule has 0 aliphatic carbocycles. The van der Waals surface area contributed by atoms with E-state index in [1.54, 1.807) is 32.4 Å². The first-order valence-corrected chi connectivity index (χ1v) is 7.22. The van der Waals surface area contributed by atoms with Gasteiger partial charge in [-0.2, -0.15) is 0 Å². The number of carbonyl (C=O) groups excluding carboxylic acids is 1. The Kier molecular flexibility index (Phi) is 7.23. The van der Waals surface area contributed by atoms with Gasteiger partial charge in [-0.05, 0) is 37.0 Å². The van der Waals surface area contributed by atoms with Gasteiger partial charge in [0.1, 0.15) is 0 Å². The number of nitrogens with one attached hydrogen (secondary N) is 1. The Balaban J connectivity index is 2.51. The van der Waals surface area contributed by atoms with E-state index >= 15 is 0 Å². The molecule has 0 spiro atoms. The highest BCUT2D eigenvalue weighted by molar-refractivity contribution is 6.18. The maximum atomic E-state index is 12.0. The number of rotatable bonds is 8. The van der Waals surface area contributed by atoms with Crippen LogP contribution < -0.4 is 14.8 Å². The number of carbonyl (C=O) groups is 1. The molecular weight excluding hydrogens is 278 g/mol. The molecule has 1 rings (SSSR count). The second kappa shape index (κ2) is 8.69. The van der Waals surface area contributed by atoms with E-state index in [9.17, 15) is 4.79 Å². The summed E-state index contributed by atoms with van der Waals surface area (Å²) in [5, 5.41) is 2.89. The number of amides is 1. The van der Waals surface area contributed by atoms with E-state index in [2.05, 4.69) is 12.2 Å². The molecule has 1 N–H and O–H groups in total. The normalized spacial score (nSPS) is 11.8. The predicted octanol–water partition coefficient (Wildman–Crippen LogP) is 3.09. The summed E-state index contributed by atoms with van der Waals surface area (Å²) in [6.07, 6.45) is 1.93. The molecule has 0 fully saturated rings. The van der Waals surface area contributed by atoms with Crippen LogP contribution in [0.1, 0.15) is 30.1 Å². The Labute approximate surface area is 125 Å². The quantitative estimate of drug-likeness (QED) is 0.593. The average molecular weight is 300 g/mol. The van der Waals surface area contributed by atoms with Crippen molar-refractivity contribution in [1.82, 2.24) is 5.32 Å². The number of alkyl halides is 1. The molecule has 0 aliphatic rings. The number of hydrogen-bond acceptors (Lipinski definition) is 3. The van der Waals surface area contributed by atoms with Crippen molar-refractivity contribution >= 4 is 17.5 Å². The Bertz CT molecular complexity index is 437. The van der Waals surface area contributed by atoms with Gasteiger partial charge in [0.25, 0.3) is 5.91 Å². The number of benzene rings is 1. The van der Waals surface area contributed by atoms with Crippen LogP contribution >= 0.6 is 11.6 Å². The third kappa shape index (κ3) is 4.93. The number of hydrogen-bond donors (Lipinski definition) is 1. The zero-order valence-corrected chi connectivity index (χ0v) is 13.0. The molecule has 1 aromatic carbocycles. The van der Waals surface area contributed by atoms with E-state index in [4.69, 9.17) is 21.1 Å². The van der Waals surface area contributed by atoms with Gasteiger partial charge >= 0.3 is 0 Å². The highest BCUT2D eigenvalue weighted by Crippen LogP contribution is 2.27. The van der Waals surface area contributed by atoms with Crippen LogP contribution in [-0.4, -0.2) is 32.6 Å². The Morgan fingerprint density at radius 1 is 1.30 bits per heavy atom. The monoisotopic (exact) mass is 299 g/mol. The summed E-state index contributed by atoms with van der Waals surface area (Å²) in [4.78, 5) is 12.0. The second-order valence-electron chi connectivity index (χ2n) is 4.73. The van der Waals surface area contributed by atoms with E-state index in [-0.39, 0.29) is 5.91 Å². The molecule has 0 bridgehead atoms. The second-order valence-corrected chi connectivity index (χ2v) is 5.04. The third-order valence-corrected chi connectivity index (χ3v) is 3.60. The van der Waals surface area contributed by atoms with Crippen molar-refractivity contribution in [1.29, 1.82) is 0 Å². The van der Waals surface area contributed by atoms with Crippen LogP contribution in [-0.2, 0) is 0 Å². The van der Waals surface area contributed by atoms with E-state index in [0.717, 1.165) is 12.8 Å². The fourth-order valence-corrected chi connectivity index (χ4v) is 1.96. The van der Waals surface area contributed by atoms with Gasteiger partial charge in [0.2, 0.25) is 0 Å². The first-order valence-electron chi connectivity index (χ1n) is 6.68. The van der Waals surface area contributed by atoms with Crippen molar-refractivity contribution in [3.63, 3.8) is 0 Å². The predicted molar refractivity (Wildman–Crippen MR) is 81.0 cm³/mol. The lowest BCUT2D eigenvalue weighted by atomic mass is 10.1. The van der Waals surface area contributed by atoms with Gasteiger partial charge in [0.05, 0.1) is 14.2 Å². The SMILES string of the molecule is COc1ccc(C(=O)NCCCC(C)CCl)cc1OC. The summed E-state index contributed by atoms with van der Waals surface area (Å²) in [6.45, 7) is 2.75. The van der Waals surface area contributed by atoms with E-state index in [0.29, 0.717) is 35.4 Å². The van der Waals surface area contributed by atoms with Crippen molar-refractivity contribution < 1.29 is 14.3 Å². The topological polar surface area (TPSA) is 47.6 Å². The van der Waals surface area contributed by atoms with Crippen LogP contribution in [0.15, 0.2) is 18.2 Å². The maximum Gasteiger partial charge on any atom is 0.251 e. The minimum absolute atomic E-state index is 0.107. The van der Waals surface area contributed by atoms with Gasteiger partial charge in [-0.3, -0.25) is 4.79 Å². The summed E-state index contributed by atoms with van der Waals surface area (Å²) in [7, 11) is 3.11. The van der Waals surface area contributed by atoms with E-state index in [1.807, 2.05) is 0 Å². The third-order valence-electron chi connectivity index (χ3n) is 3.07. The molecule has 0 aliphatic heterocycles. The van der Waals surface area contributed by atoms with Crippen LogP contribution in [0, 0.1) is 5.92 Å². The van der Waals surface area contributed by atoms with Gasteiger partial charge in [-0.1, -0.05) is 6.92 Å². The maximum absolute atomic E-state index is 12.0. The van der Waals surface area contributed by atoms with Crippen molar-refractivity contribution in [2.75, 3.05) is 26.6 Å². The molecule has 0 saturated carbocycles. The number of ether oxygens (including phenoxy) is 2. The fourth-order valence-electron chi connectivity index (χ4n) is 1.81. The molecule has 0 radical (unpaired) electrons. The zero-order valence-electron chi connectivity index (χ0n) is 12.2. The van der Waals surface area contributed by atoms with Crippen molar-refractivity contribution in [3.8, 4) is 11.5 Å². The number of halogens is 1. The summed E-state index contributed by atoms with van der Waals surface area (Å²) in [5.41, 5.74) is 0.563. The highest BCUT2D eigenvalue weighted by atomic mass is 35.5. The molecule has 20 heavy (non-hydrogen) atoms. The van der Waals surface area contributed by atoms with E-state index < -0.39 is 0 Å². The smallest absolute Gasteiger partial charge is 0.251 e.